The molecule has 1 fully saturated rings. The number of nitriles is 1. The Morgan fingerprint density at radius 2 is 1.96 bits per heavy atom. The molecule has 0 aliphatic heterocycles. The van der Waals surface area contributed by atoms with Crippen LogP contribution in [0.1, 0.15) is 37.7 Å². The monoisotopic (exact) mass is 316 g/mol. The lowest BCUT2D eigenvalue weighted by Gasteiger charge is -2.24. The van der Waals surface area contributed by atoms with Crippen LogP contribution in [0, 0.1) is 11.3 Å². The second-order valence-electron chi connectivity index (χ2n) is 6.41. The smallest absolute Gasteiger partial charge is 0.139 e. The summed E-state index contributed by atoms with van der Waals surface area (Å²) in [7, 11) is 0. The predicted molar refractivity (Wildman–Crippen MR) is 95.8 cm³/mol. The summed E-state index contributed by atoms with van der Waals surface area (Å²) in [6.45, 7) is 0. The Kier molecular flexibility index (Phi) is 3.92. The quantitative estimate of drug-likeness (QED) is 0.767. The molecule has 0 amide bonds. The van der Waals surface area contributed by atoms with Crippen molar-refractivity contribution in [2.45, 2.75) is 38.1 Å². The molecule has 1 aromatic carbocycles. The molecular formula is C20H20N4. The third-order valence-corrected chi connectivity index (χ3v) is 4.74. The van der Waals surface area contributed by atoms with Crippen molar-refractivity contribution in [1.82, 2.24) is 9.38 Å². The van der Waals surface area contributed by atoms with Gasteiger partial charge in [-0.15, -0.1) is 0 Å². The zero-order valence-electron chi connectivity index (χ0n) is 13.6. The maximum Gasteiger partial charge on any atom is 0.139 e. The Bertz CT molecular complexity index is 897. The number of nitrogens with zero attached hydrogens (tertiary/aromatic N) is 3. The summed E-state index contributed by atoms with van der Waals surface area (Å²) in [6.07, 6.45) is 8.37. The standard InChI is InChI=1S/C20H20N4/c21-14-15-7-6-8-16(13-15)19-20(22-17-9-2-1-3-10-17)24-12-5-4-11-18(24)23-19/h4-8,11-13,17,22H,1-3,9-10H2. The van der Waals surface area contributed by atoms with E-state index in [2.05, 4.69) is 15.8 Å². The van der Waals surface area contributed by atoms with Crippen LogP contribution in [0.25, 0.3) is 16.9 Å². The highest BCUT2D eigenvalue weighted by Gasteiger charge is 2.19. The molecule has 0 spiro atoms. The van der Waals surface area contributed by atoms with Crippen LogP contribution >= 0.6 is 0 Å². The first-order valence-corrected chi connectivity index (χ1v) is 8.59. The van der Waals surface area contributed by atoms with Gasteiger partial charge >= 0.3 is 0 Å². The van der Waals surface area contributed by atoms with E-state index in [9.17, 15) is 5.26 Å². The van der Waals surface area contributed by atoms with Crippen molar-refractivity contribution in [3.05, 3.63) is 54.2 Å². The third kappa shape index (κ3) is 2.74. The van der Waals surface area contributed by atoms with Crippen molar-refractivity contribution in [3.8, 4) is 17.3 Å². The first kappa shape index (κ1) is 14.8. The highest BCUT2D eigenvalue weighted by molar-refractivity contribution is 5.77. The number of fused-ring (bicyclic) bond motifs is 1. The average molecular weight is 316 g/mol. The van der Waals surface area contributed by atoms with E-state index in [1.54, 1.807) is 0 Å². The van der Waals surface area contributed by atoms with Gasteiger partial charge in [-0.25, -0.2) is 4.98 Å². The van der Waals surface area contributed by atoms with Crippen LogP contribution in [0.15, 0.2) is 48.7 Å². The van der Waals surface area contributed by atoms with E-state index in [1.165, 1.54) is 32.1 Å². The van der Waals surface area contributed by atoms with Gasteiger partial charge in [0.25, 0.3) is 0 Å². The van der Waals surface area contributed by atoms with E-state index in [4.69, 9.17) is 4.98 Å². The van der Waals surface area contributed by atoms with Gasteiger partial charge in [-0.3, -0.25) is 4.40 Å². The highest BCUT2D eigenvalue weighted by Crippen LogP contribution is 2.31. The van der Waals surface area contributed by atoms with Crippen molar-refractivity contribution in [1.29, 1.82) is 5.26 Å². The van der Waals surface area contributed by atoms with Gasteiger partial charge in [0.15, 0.2) is 0 Å². The van der Waals surface area contributed by atoms with E-state index in [0.717, 1.165) is 22.7 Å². The molecule has 24 heavy (non-hydrogen) atoms. The zero-order chi connectivity index (χ0) is 16.4. The molecule has 1 N–H and O–H groups in total. The number of aromatic nitrogens is 2. The largest absolute Gasteiger partial charge is 0.367 e. The minimum Gasteiger partial charge on any atom is -0.367 e. The van der Waals surface area contributed by atoms with E-state index in [0.29, 0.717) is 11.6 Å². The van der Waals surface area contributed by atoms with E-state index < -0.39 is 0 Å². The van der Waals surface area contributed by atoms with Crippen molar-refractivity contribution >= 4 is 11.5 Å². The van der Waals surface area contributed by atoms with Crippen LogP contribution in [0.5, 0.6) is 0 Å². The van der Waals surface area contributed by atoms with Gasteiger partial charge < -0.3 is 5.32 Å². The average Bonchev–Trinajstić information content (AvgIpc) is 3.01. The SMILES string of the molecule is N#Cc1cccc(-c2nc3ccccn3c2NC2CCCCC2)c1. The fraction of sp³-hybridized carbons (Fsp3) is 0.300. The van der Waals surface area contributed by atoms with Crippen LogP contribution in [0.4, 0.5) is 5.82 Å². The van der Waals surface area contributed by atoms with E-state index in [-0.39, 0.29) is 0 Å². The summed E-state index contributed by atoms with van der Waals surface area (Å²) in [5, 5.41) is 12.9. The number of imidazole rings is 1. The molecule has 0 unspecified atom stereocenters. The molecule has 4 rings (SSSR count). The highest BCUT2D eigenvalue weighted by atomic mass is 15.1. The van der Waals surface area contributed by atoms with Crippen LogP contribution < -0.4 is 5.32 Å². The summed E-state index contributed by atoms with van der Waals surface area (Å²) < 4.78 is 2.11. The molecule has 0 bridgehead atoms. The Balaban J connectivity index is 1.81. The summed E-state index contributed by atoms with van der Waals surface area (Å²) in [4.78, 5) is 4.81. The van der Waals surface area contributed by atoms with Gasteiger partial charge in [0.2, 0.25) is 0 Å². The number of rotatable bonds is 3. The number of anilines is 1. The minimum atomic E-state index is 0.497. The van der Waals surface area contributed by atoms with Gasteiger partial charge in [-0.05, 0) is 37.1 Å². The first-order valence-electron chi connectivity index (χ1n) is 8.59. The molecule has 1 aliphatic rings. The number of hydrogen-bond acceptors (Lipinski definition) is 3. The normalized spacial score (nSPS) is 15.3. The lowest BCUT2D eigenvalue weighted by atomic mass is 9.95. The van der Waals surface area contributed by atoms with Crippen LogP contribution in [0.3, 0.4) is 0 Å². The lowest BCUT2D eigenvalue weighted by molar-refractivity contribution is 0.462. The molecule has 1 saturated carbocycles. The summed E-state index contributed by atoms with van der Waals surface area (Å²) in [6, 6.07) is 16.4. The third-order valence-electron chi connectivity index (χ3n) is 4.74. The Morgan fingerprint density at radius 1 is 1.08 bits per heavy atom. The molecule has 120 valence electrons. The number of pyridine rings is 1. The van der Waals surface area contributed by atoms with Crippen LogP contribution in [0.2, 0.25) is 0 Å². The van der Waals surface area contributed by atoms with Crippen molar-refractivity contribution in [3.63, 3.8) is 0 Å². The molecule has 0 atom stereocenters. The Labute approximate surface area is 141 Å². The fourth-order valence-corrected chi connectivity index (χ4v) is 3.51. The first-order chi connectivity index (χ1) is 11.8. The molecule has 4 nitrogen and oxygen atoms in total. The molecule has 0 saturated heterocycles. The zero-order valence-corrected chi connectivity index (χ0v) is 13.6. The van der Waals surface area contributed by atoms with Gasteiger partial charge in [0.05, 0.1) is 11.6 Å². The summed E-state index contributed by atoms with van der Waals surface area (Å²) in [5.74, 6) is 1.03. The summed E-state index contributed by atoms with van der Waals surface area (Å²) in [5.41, 5.74) is 3.49. The van der Waals surface area contributed by atoms with Crippen LogP contribution in [-0.2, 0) is 0 Å². The van der Waals surface area contributed by atoms with Gasteiger partial charge in [0, 0.05) is 17.8 Å². The number of nitrogens with one attached hydrogen (secondary N) is 1. The van der Waals surface area contributed by atoms with Gasteiger partial charge in [0.1, 0.15) is 17.2 Å². The molecular weight excluding hydrogens is 296 g/mol. The van der Waals surface area contributed by atoms with E-state index in [1.807, 2.05) is 48.7 Å². The number of benzene rings is 1. The van der Waals surface area contributed by atoms with Crippen molar-refractivity contribution in [2.75, 3.05) is 5.32 Å². The second-order valence-corrected chi connectivity index (χ2v) is 6.41. The molecule has 3 aromatic rings. The Morgan fingerprint density at radius 3 is 2.79 bits per heavy atom. The van der Waals surface area contributed by atoms with Gasteiger partial charge in [-0.1, -0.05) is 37.5 Å². The maximum absolute atomic E-state index is 9.19. The molecule has 0 radical (unpaired) electrons. The molecule has 4 heteroatoms. The predicted octanol–water partition coefficient (Wildman–Crippen LogP) is 4.62. The molecule has 1 aliphatic carbocycles. The molecule has 2 aromatic heterocycles. The summed E-state index contributed by atoms with van der Waals surface area (Å²) >= 11 is 0. The number of hydrogen-bond donors (Lipinski definition) is 1. The lowest BCUT2D eigenvalue weighted by Crippen LogP contribution is -2.23. The van der Waals surface area contributed by atoms with Crippen LogP contribution in [-0.4, -0.2) is 15.4 Å². The van der Waals surface area contributed by atoms with E-state index >= 15 is 0 Å². The van der Waals surface area contributed by atoms with Gasteiger partial charge in [-0.2, -0.15) is 5.26 Å². The fourth-order valence-electron chi connectivity index (χ4n) is 3.51. The topological polar surface area (TPSA) is 53.1 Å². The Hall–Kier alpha value is -2.80. The van der Waals surface area contributed by atoms with Crippen molar-refractivity contribution in [2.24, 2.45) is 0 Å². The minimum absolute atomic E-state index is 0.497. The molecule has 2 heterocycles. The van der Waals surface area contributed by atoms with Crippen molar-refractivity contribution < 1.29 is 0 Å². The second kappa shape index (κ2) is 6.37. The maximum atomic E-state index is 9.19.